The van der Waals surface area contributed by atoms with Gasteiger partial charge in [0.25, 0.3) is 5.95 Å². The van der Waals surface area contributed by atoms with E-state index in [-0.39, 0.29) is 5.95 Å². The first kappa shape index (κ1) is 7.03. The summed E-state index contributed by atoms with van der Waals surface area (Å²) in [5.41, 5.74) is 0.631. The van der Waals surface area contributed by atoms with E-state index in [9.17, 15) is 0 Å². The van der Waals surface area contributed by atoms with Gasteiger partial charge in [0.2, 0.25) is 0 Å². The number of benzene rings is 1. The van der Waals surface area contributed by atoms with Crippen LogP contribution in [0, 0.1) is 0 Å². The minimum absolute atomic E-state index is 0.0884. The molecule has 0 saturated carbocycles. The van der Waals surface area contributed by atoms with Gasteiger partial charge in [-0.3, -0.25) is 0 Å². The predicted molar refractivity (Wildman–Crippen MR) is 44.4 cm³/mol. The van der Waals surface area contributed by atoms with Crippen LogP contribution in [0.3, 0.4) is 0 Å². The number of rotatable bonds is 1. The number of hydrogen-bond acceptors (Lipinski definition) is 3. The van der Waals surface area contributed by atoms with E-state index in [2.05, 4.69) is 0 Å². The van der Waals surface area contributed by atoms with Crippen molar-refractivity contribution in [3.05, 3.63) is 24.3 Å². The number of furan rings is 1. The highest BCUT2D eigenvalue weighted by molar-refractivity contribution is 5.85. The van der Waals surface area contributed by atoms with Gasteiger partial charge in [-0.05, 0) is 12.1 Å². The fraction of sp³-hybridized carbons (Fsp3) is 0.111. The Hall–Kier alpha value is -1.64. The molecule has 3 nitrogen and oxygen atoms in total. The van der Waals surface area contributed by atoms with Gasteiger partial charge < -0.3 is 14.3 Å². The SMILES string of the molecule is COc1cccc2oc(O)cc12. The summed E-state index contributed by atoms with van der Waals surface area (Å²) in [5.74, 6) is 0.617. The van der Waals surface area contributed by atoms with Crippen LogP contribution < -0.4 is 4.74 Å². The minimum atomic E-state index is -0.0884. The lowest BCUT2D eigenvalue weighted by Crippen LogP contribution is -1.81. The van der Waals surface area contributed by atoms with E-state index in [1.54, 1.807) is 13.2 Å². The molecule has 0 bridgehead atoms. The molecule has 2 aromatic rings. The van der Waals surface area contributed by atoms with Gasteiger partial charge in [0, 0.05) is 6.07 Å². The summed E-state index contributed by atoms with van der Waals surface area (Å²) in [7, 11) is 1.58. The van der Waals surface area contributed by atoms with Crippen LogP contribution in [0.4, 0.5) is 0 Å². The van der Waals surface area contributed by atoms with Crippen LogP contribution in [0.1, 0.15) is 0 Å². The Morgan fingerprint density at radius 2 is 2.25 bits per heavy atom. The van der Waals surface area contributed by atoms with E-state index in [4.69, 9.17) is 14.3 Å². The Kier molecular flexibility index (Phi) is 1.43. The largest absolute Gasteiger partial charge is 0.496 e. The van der Waals surface area contributed by atoms with Crippen LogP contribution in [0.15, 0.2) is 28.7 Å². The summed E-state index contributed by atoms with van der Waals surface area (Å²) in [6.45, 7) is 0. The molecule has 0 amide bonds. The lowest BCUT2D eigenvalue weighted by Gasteiger charge is -1.97. The third-order valence-corrected chi connectivity index (χ3v) is 1.73. The number of ether oxygens (including phenoxy) is 1. The molecule has 0 radical (unpaired) electrons. The second-order valence-corrected chi connectivity index (χ2v) is 2.46. The Bertz CT molecular complexity index is 403. The fourth-order valence-corrected chi connectivity index (χ4v) is 1.20. The second-order valence-electron chi connectivity index (χ2n) is 2.46. The van der Waals surface area contributed by atoms with Crippen molar-refractivity contribution < 1.29 is 14.3 Å². The molecule has 62 valence electrons. The van der Waals surface area contributed by atoms with E-state index in [1.165, 1.54) is 6.07 Å². The van der Waals surface area contributed by atoms with E-state index in [0.29, 0.717) is 11.3 Å². The standard InChI is InChI=1S/C9H8O3/c1-11-7-3-2-4-8-6(7)5-9(10)12-8/h2-5,10H,1H3. The van der Waals surface area contributed by atoms with Crippen molar-refractivity contribution >= 4 is 11.0 Å². The Morgan fingerprint density at radius 1 is 1.42 bits per heavy atom. The van der Waals surface area contributed by atoms with Gasteiger partial charge in [0.1, 0.15) is 11.3 Å². The molecule has 0 atom stereocenters. The zero-order chi connectivity index (χ0) is 8.55. The van der Waals surface area contributed by atoms with E-state index >= 15 is 0 Å². The molecule has 0 aliphatic heterocycles. The lowest BCUT2D eigenvalue weighted by molar-refractivity contribution is 0.346. The third kappa shape index (κ3) is 0.906. The molecule has 1 N–H and O–H groups in total. The molecule has 1 aromatic heterocycles. The van der Waals surface area contributed by atoms with Crippen molar-refractivity contribution in [2.45, 2.75) is 0 Å². The Morgan fingerprint density at radius 3 is 3.00 bits per heavy atom. The molecule has 0 aliphatic carbocycles. The summed E-state index contributed by atoms with van der Waals surface area (Å²) in [5, 5.41) is 9.84. The van der Waals surface area contributed by atoms with Gasteiger partial charge in [0.15, 0.2) is 0 Å². The maximum absolute atomic E-state index is 9.05. The van der Waals surface area contributed by atoms with Gasteiger partial charge >= 0.3 is 0 Å². The highest BCUT2D eigenvalue weighted by Gasteiger charge is 2.05. The smallest absolute Gasteiger partial charge is 0.283 e. The predicted octanol–water partition coefficient (Wildman–Crippen LogP) is 2.15. The van der Waals surface area contributed by atoms with Crippen molar-refractivity contribution in [1.82, 2.24) is 0 Å². The summed E-state index contributed by atoms with van der Waals surface area (Å²) < 4.78 is 10.1. The van der Waals surface area contributed by atoms with Crippen molar-refractivity contribution in [1.29, 1.82) is 0 Å². The van der Waals surface area contributed by atoms with Gasteiger partial charge in [-0.25, -0.2) is 0 Å². The van der Waals surface area contributed by atoms with Crippen molar-refractivity contribution in [3.8, 4) is 11.7 Å². The highest BCUT2D eigenvalue weighted by Crippen LogP contribution is 2.30. The van der Waals surface area contributed by atoms with Crippen LogP contribution in [-0.4, -0.2) is 12.2 Å². The van der Waals surface area contributed by atoms with Crippen LogP contribution in [0.25, 0.3) is 11.0 Å². The zero-order valence-corrected chi connectivity index (χ0v) is 6.57. The van der Waals surface area contributed by atoms with Crippen molar-refractivity contribution in [3.63, 3.8) is 0 Å². The first-order chi connectivity index (χ1) is 5.81. The third-order valence-electron chi connectivity index (χ3n) is 1.73. The number of fused-ring (bicyclic) bond motifs is 1. The lowest BCUT2D eigenvalue weighted by atomic mass is 10.2. The first-order valence-electron chi connectivity index (χ1n) is 3.57. The average Bonchev–Trinajstić information content (AvgIpc) is 2.44. The van der Waals surface area contributed by atoms with E-state index in [0.717, 1.165) is 5.39 Å². The molecule has 12 heavy (non-hydrogen) atoms. The maximum atomic E-state index is 9.05. The summed E-state index contributed by atoms with van der Waals surface area (Å²) >= 11 is 0. The Labute approximate surface area is 69.2 Å². The molecule has 2 rings (SSSR count). The maximum Gasteiger partial charge on any atom is 0.283 e. The normalized spacial score (nSPS) is 10.4. The molecule has 0 spiro atoms. The molecule has 1 aromatic carbocycles. The zero-order valence-electron chi connectivity index (χ0n) is 6.57. The Balaban J connectivity index is 2.78. The monoisotopic (exact) mass is 164 g/mol. The van der Waals surface area contributed by atoms with Crippen LogP contribution >= 0.6 is 0 Å². The second kappa shape index (κ2) is 2.44. The summed E-state index contributed by atoms with van der Waals surface area (Å²) in [6.07, 6.45) is 0. The van der Waals surface area contributed by atoms with Crippen molar-refractivity contribution in [2.24, 2.45) is 0 Å². The molecule has 0 aliphatic rings. The highest BCUT2D eigenvalue weighted by atomic mass is 16.5. The first-order valence-corrected chi connectivity index (χ1v) is 3.57. The average molecular weight is 164 g/mol. The van der Waals surface area contributed by atoms with Crippen LogP contribution in [0.2, 0.25) is 0 Å². The quantitative estimate of drug-likeness (QED) is 0.702. The van der Waals surface area contributed by atoms with Crippen LogP contribution in [-0.2, 0) is 0 Å². The molecule has 0 saturated heterocycles. The molecule has 0 unspecified atom stereocenters. The number of hydrogen-bond donors (Lipinski definition) is 1. The fourth-order valence-electron chi connectivity index (χ4n) is 1.20. The molecule has 3 heteroatoms. The van der Waals surface area contributed by atoms with Gasteiger partial charge in [-0.15, -0.1) is 0 Å². The topological polar surface area (TPSA) is 42.6 Å². The number of aromatic hydroxyl groups is 1. The molecular formula is C9H8O3. The van der Waals surface area contributed by atoms with Crippen LogP contribution in [0.5, 0.6) is 11.7 Å². The molecule has 1 heterocycles. The van der Waals surface area contributed by atoms with E-state index in [1.807, 2.05) is 12.1 Å². The minimum Gasteiger partial charge on any atom is -0.496 e. The summed E-state index contributed by atoms with van der Waals surface area (Å²) in [4.78, 5) is 0. The molecule has 0 fully saturated rings. The molecular weight excluding hydrogens is 156 g/mol. The number of methoxy groups -OCH3 is 1. The van der Waals surface area contributed by atoms with Gasteiger partial charge in [-0.2, -0.15) is 0 Å². The van der Waals surface area contributed by atoms with Gasteiger partial charge in [-0.1, -0.05) is 6.07 Å². The van der Waals surface area contributed by atoms with Crippen molar-refractivity contribution in [2.75, 3.05) is 7.11 Å². The van der Waals surface area contributed by atoms with Gasteiger partial charge in [0.05, 0.1) is 12.5 Å². The summed E-state index contributed by atoms with van der Waals surface area (Å²) in [6, 6.07) is 6.94. The van der Waals surface area contributed by atoms with E-state index < -0.39 is 0 Å².